The van der Waals surface area contributed by atoms with Crippen molar-refractivity contribution in [1.82, 2.24) is 10.2 Å². The van der Waals surface area contributed by atoms with Gasteiger partial charge in [-0.1, -0.05) is 28.1 Å². The number of hydrogen-bond acceptors (Lipinski definition) is 4. The summed E-state index contributed by atoms with van der Waals surface area (Å²) < 4.78 is 1.01. The number of nitrogens with one attached hydrogen (secondary N) is 1. The summed E-state index contributed by atoms with van der Waals surface area (Å²) in [5.74, 6) is 0.505. The number of halogens is 1. The molecule has 0 fully saturated rings. The van der Waals surface area contributed by atoms with Crippen LogP contribution in [0.3, 0.4) is 0 Å². The monoisotopic (exact) mass is 309 g/mol. The Morgan fingerprint density at radius 1 is 1.44 bits per heavy atom. The van der Waals surface area contributed by atoms with Crippen LogP contribution >= 0.6 is 15.9 Å². The van der Waals surface area contributed by atoms with E-state index in [1.54, 1.807) is 0 Å². The summed E-state index contributed by atoms with van der Waals surface area (Å²) in [5.41, 5.74) is 1.08. The van der Waals surface area contributed by atoms with Gasteiger partial charge in [0.1, 0.15) is 0 Å². The van der Waals surface area contributed by atoms with Crippen LogP contribution in [0.15, 0.2) is 53.0 Å². The lowest BCUT2D eigenvalue weighted by atomic mass is 10.2. The van der Waals surface area contributed by atoms with Crippen molar-refractivity contribution in [3.05, 3.63) is 68.7 Å². The summed E-state index contributed by atoms with van der Waals surface area (Å²) in [4.78, 5) is 11.9. The van der Waals surface area contributed by atoms with Crippen molar-refractivity contribution in [1.29, 1.82) is 0 Å². The molecule has 0 atom stereocenters. The first-order chi connectivity index (χ1) is 8.65. The van der Waals surface area contributed by atoms with Crippen LogP contribution in [0, 0.1) is 10.1 Å². The molecule has 0 unspecified atom stereocenters. The molecule has 94 valence electrons. The Morgan fingerprint density at radius 2 is 2.17 bits per heavy atom. The van der Waals surface area contributed by atoms with Gasteiger partial charge in [-0.3, -0.25) is 10.1 Å². The number of hydrogen-bond donors (Lipinski definition) is 1. The molecule has 1 aliphatic rings. The zero-order chi connectivity index (χ0) is 13.0. The largest absolute Gasteiger partial charge is 0.363 e. The maximum atomic E-state index is 10.5. The molecule has 0 saturated heterocycles. The Bertz CT molecular complexity index is 497. The molecule has 0 aliphatic carbocycles. The highest BCUT2D eigenvalue weighted by atomic mass is 79.9. The van der Waals surface area contributed by atoms with E-state index < -0.39 is 4.92 Å². The van der Waals surface area contributed by atoms with Crippen molar-refractivity contribution in [3.63, 3.8) is 0 Å². The fraction of sp³-hybridized carbons (Fsp3) is 0.167. The molecule has 0 saturated carbocycles. The van der Waals surface area contributed by atoms with Crippen molar-refractivity contribution >= 4 is 15.9 Å². The average molecular weight is 310 g/mol. The molecule has 18 heavy (non-hydrogen) atoms. The highest BCUT2D eigenvalue weighted by molar-refractivity contribution is 9.10. The van der Waals surface area contributed by atoms with E-state index in [9.17, 15) is 10.1 Å². The van der Waals surface area contributed by atoms with Gasteiger partial charge in [0.2, 0.25) is 0 Å². The van der Waals surface area contributed by atoms with Crippen LogP contribution in [-0.2, 0) is 6.54 Å². The molecule has 1 aromatic carbocycles. The minimum atomic E-state index is -0.448. The Balaban J connectivity index is 2.15. The van der Waals surface area contributed by atoms with Crippen molar-refractivity contribution < 1.29 is 4.92 Å². The number of benzene rings is 1. The lowest BCUT2D eigenvalue weighted by Gasteiger charge is -2.25. The molecule has 5 nitrogen and oxygen atoms in total. The molecule has 0 spiro atoms. The van der Waals surface area contributed by atoms with Crippen LogP contribution in [0.2, 0.25) is 0 Å². The maximum Gasteiger partial charge on any atom is 0.274 e. The highest BCUT2D eigenvalue weighted by Crippen LogP contribution is 2.15. The minimum Gasteiger partial charge on any atom is -0.363 e. The Hall–Kier alpha value is -1.82. The van der Waals surface area contributed by atoms with Gasteiger partial charge in [-0.2, -0.15) is 0 Å². The molecule has 0 aromatic heterocycles. The van der Waals surface area contributed by atoms with Gasteiger partial charge in [0.25, 0.3) is 6.20 Å². The third kappa shape index (κ3) is 3.33. The molecule has 1 aliphatic heterocycles. The number of nitro groups is 1. The van der Waals surface area contributed by atoms with Crippen LogP contribution in [0.25, 0.3) is 0 Å². The van der Waals surface area contributed by atoms with Crippen molar-refractivity contribution in [2.24, 2.45) is 0 Å². The van der Waals surface area contributed by atoms with E-state index in [4.69, 9.17) is 0 Å². The predicted molar refractivity (Wildman–Crippen MR) is 71.9 cm³/mol. The number of nitrogens with zero attached hydrogens (tertiary/aromatic N) is 2. The Morgan fingerprint density at radius 3 is 2.83 bits per heavy atom. The lowest BCUT2D eigenvalue weighted by Crippen LogP contribution is -2.32. The minimum absolute atomic E-state index is 0.448. The summed E-state index contributed by atoms with van der Waals surface area (Å²) in [6.07, 6.45) is 4.77. The topological polar surface area (TPSA) is 58.4 Å². The fourth-order valence-corrected chi connectivity index (χ4v) is 1.93. The standard InChI is InChI=1S/C12H12BrN3O2/c13-11-4-2-10(3-5-11)8-15-7-1-6-14-12(15)9-16(17)18/h1-5,7,9,14H,6,8H2. The zero-order valence-corrected chi connectivity index (χ0v) is 11.1. The first-order valence-electron chi connectivity index (χ1n) is 5.42. The SMILES string of the molecule is O=[N+]([O-])C=C1NCC=CN1Cc1ccc(Br)cc1. The van der Waals surface area contributed by atoms with Gasteiger partial charge in [0.05, 0.1) is 4.92 Å². The first kappa shape index (κ1) is 12.6. The summed E-state index contributed by atoms with van der Waals surface area (Å²) in [6.45, 7) is 1.20. The molecule has 2 rings (SSSR count). The van der Waals surface area contributed by atoms with E-state index in [1.807, 2.05) is 41.4 Å². The second-order valence-corrected chi connectivity index (χ2v) is 4.74. The van der Waals surface area contributed by atoms with E-state index in [0.717, 1.165) is 16.2 Å². The molecule has 0 radical (unpaired) electrons. The molecule has 1 aromatic rings. The van der Waals surface area contributed by atoms with Gasteiger partial charge in [-0.05, 0) is 23.8 Å². The van der Waals surface area contributed by atoms with Crippen molar-refractivity contribution in [2.45, 2.75) is 6.54 Å². The average Bonchev–Trinajstić information content (AvgIpc) is 2.34. The van der Waals surface area contributed by atoms with Crippen LogP contribution in [0.1, 0.15) is 5.56 Å². The van der Waals surface area contributed by atoms with Crippen LogP contribution < -0.4 is 5.32 Å². The van der Waals surface area contributed by atoms with Crippen LogP contribution in [-0.4, -0.2) is 16.4 Å². The van der Waals surface area contributed by atoms with E-state index >= 15 is 0 Å². The second-order valence-electron chi connectivity index (χ2n) is 3.82. The van der Waals surface area contributed by atoms with Crippen LogP contribution in [0.5, 0.6) is 0 Å². The molecular formula is C12H12BrN3O2. The van der Waals surface area contributed by atoms with E-state index in [-0.39, 0.29) is 0 Å². The third-order valence-corrected chi connectivity index (χ3v) is 3.02. The van der Waals surface area contributed by atoms with Gasteiger partial charge in [0, 0.05) is 23.8 Å². The molecule has 0 bridgehead atoms. The lowest BCUT2D eigenvalue weighted by molar-refractivity contribution is -0.404. The molecule has 0 amide bonds. The van der Waals surface area contributed by atoms with Crippen LogP contribution in [0.4, 0.5) is 0 Å². The summed E-state index contributed by atoms with van der Waals surface area (Å²) in [7, 11) is 0. The molecule has 6 heteroatoms. The summed E-state index contributed by atoms with van der Waals surface area (Å²) in [6, 6.07) is 7.87. The normalized spacial score (nSPS) is 16.7. The maximum absolute atomic E-state index is 10.5. The molecule has 1 heterocycles. The van der Waals surface area contributed by atoms with E-state index in [1.165, 1.54) is 0 Å². The summed E-state index contributed by atoms with van der Waals surface area (Å²) in [5, 5.41) is 13.5. The number of rotatable bonds is 3. The molecule has 1 N–H and O–H groups in total. The third-order valence-electron chi connectivity index (χ3n) is 2.49. The van der Waals surface area contributed by atoms with Crippen molar-refractivity contribution in [3.8, 4) is 0 Å². The van der Waals surface area contributed by atoms with Gasteiger partial charge in [-0.15, -0.1) is 0 Å². The van der Waals surface area contributed by atoms with Gasteiger partial charge >= 0.3 is 0 Å². The molecular weight excluding hydrogens is 298 g/mol. The Kier molecular flexibility index (Phi) is 3.99. The van der Waals surface area contributed by atoms with Gasteiger partial charge in [0.15, 0.2) is 5.82 Å². The van der Waals surface area contributed by atoms with E-state index in [0.29, 0.717) is 18.9 Å². The quantitative estimate of drug-likeness (QED) is 0.688. The summed E-state index contributed by atoms with van der Waals surface area (Å²) >= 11 is 3.37. The highest BCUT2D eigenvalue weighted by Gasteiger charge is 2.13. The van der Waals surface area contributed by atoms with Gasteiger partial charge < -0.3 is 10.2 Å². The van der Waals surface area contributed by atoms with Gasteiger partial charge in [-0.25, -0.2) is 0 Å². The van der Waals surface area contributed by atoms with E-state index in [2.05, 4.69) is 21.2 Å². The predicted octanol–water partition coefficient (Wildman–Crippen LogP) is 2.44. The smallest absolute Gasteiger partial charge is 0.274 e. The first-order valence-corrected chi connectivity index (χ1v) is 6.21. The second kappa shape index (κ2) is 5.68. The fourth-order valence-electron chi connectivity index (χ4n) is 1.67. The zero-order valence-electron chi connectivity index (χ0n) is 9.54. The Labute approximate surface area is 113 Å². The van der Waals surface area contributed by atoms with Crippen molar-refractivity contribution in [2.75, 3.05) is 6.54 Å².